The van der Waals surface area contributed by atoms with E-state index in [0.717, 1.165) is 6.42 Å². The van der Waals surface area contributed by atoms with Gasteiger partial charge in [-0.25, -0.2) is 0 Å². The Kier molecular flexibility index (Phi) is 9.80. The fraction of sp³-hybridized carbons (Fsp3) is 0.300. The molecule has 0 spiro atoms. The Labute approximate surface area is 256 Å². The summed E-state index contributed by atoms with van der Waals surface area (Å²) in [6.07, 6.45) is 5.84. The van der Waals surface area contributed by atoms with Crippen molar-refractivity contribution < 1.29 is 0 Å². The maximum Gasteiger partial charge on any atom is 0.0572 e. The quantitative estimate of drug-likeness (QED) is 0.224. The SMILES string of the molecule is CC1=Cc2c(-c3ccccc3C)cccc2C1N(C(C)C)C(C)C.CC1=Cc2c(cccc2-c2ccccc2C)C1.[B]. The van der Waals surface area contributed by atoms with E-state index in [4.69, 9.17) is 0 Å². The largest absolute Gasteiger partial charge is 0.288 e. The van der Waals surface area contributed by atoms with Gasteiger partial charge in [0.1, 0.15) is 0 Å². The number of nitrogens with zero attached hydrogens (tertiary/aromatic N) is 1. The first kappa shape index (κ1) is 31.3. The first-order valence-electron chi connectivity index (χ1n) is 15.2. The molecule has 0 amide bonds. The van der Waals surface area contributed by atoms with Gasteiger partial charge in [-0.1, -0.05) is 108 Å². The molecule has 0 heterocycles. The third kappa shape index (κ3) is 6.10. The Balaban J connectivity index is 0.000000198. The van der Waals surface area contributed by atoms with Crippen LogP contribution in [0.15, 0.2) is 96.1 Å². The Morgan fingerprint density at radius 1 is 0.571 bits per heavy atom. The van der Waals surface area contributed by atoms with Gasteiger partial charge in [0.2, 0.25) is 0 Å². The van der Waals surface area contributed by atoms with Crippen molar-refractivity contribution in [2.75, 3.05) is 0 Å². The van der Waals surface area contributed by atoms with Crippen molar-refractivity contribution in [1.29, 1.82) is 0 Å². The van der Waals surface area contributed by atoms with Gasteiger partial charge >= 0.3 is 0 Å². The fourth-order valence-electron chi connectivity index (χ4n) is 6.88. The van der Waals surface area contributed by atoms with Gasteiger partial charge in [0.15, 0.2) is 0 Å². The molecule has 2 aliphatic carbocycles. The first-order valence-corrected chi connectivity index (χ1v) is 15.2. The molecule has 1 nitrogen and oxygen atoms in total. The second kappa shape index (κ2) is 13.1. The minimum Gasteiger partial charge on any atom is -0.288 e. The molecule has 0 aromatic heterocycles. The molecule has 42 heavy (non-hydrogen) atoms. The van der Waals surface area contributed by atoms with E-state index >= 15 is 0 Å². The molecule has 2 heteroatoms. The fourth-order valence-corrected chi connectivity index (χ4v) is 6.88. The van der Waals surface area contributed by atoms with E-state index in [1.54, 1.807) is 0 Å². The maximum absolute atomic E-state index is 2.62. The maximum atomic E-state index is 2.62. The summed E-state index contributed by atoms with van der Waals surface area (Å²) in [6, 6.07) is 32.2. The summed E-state index contributed by atoms with van der Waals surface area (Å²) in [5.74, 6) is 0. The molecule has 0 aliphatic heterocycles. The first-order chi connectivity index (χ1) is 19.7. The van der Waals surface area contributed by atoms with Crippen LogP contribution in [0.3, 0.4) is 0 Å². The lowest BCUT2D eigenvalue weighted by molar-refractivity contribution is 0.134. The molecule has 6 rings (SSSR count). The van der Waals surface area contributed by atoms with Gasteiger partial charge in [-0.2, -0.15) is 0 Å². The molecule has 3 radical (unpaired) electrons. The summed E-state index contributed by atoms with van der Waals surface area (Å²) in [5.41, 5.74) is 16.8. The molecule has 4 aromatic carbocycles. The molecule has 0 bridgehead atoms. The number of benzene rings is 4. The van der Waals surface area contributed by atoms with Crippen molar-refractivity contribution in [3.63, 3.8) is 0 Å². The zero-order valence-corrected chi connectivity index (χ0v) is 26.7. The second-order valence-corrected chi connectivity index (χ2v) is 12.4. The molecular formula is C40H45BN. The number of allylic oxidation sites excluding steroid dienone is 1. The minimum absolute atomic E-state index is 0. The summed E-state index contributed by atoms with van der Waals surface area (Å²) < 4.78 is 0. The predicted molar refractivity (Wildman–Crippen MR) is 185 cm³/mol. The summed E-state index contributed by atoms with van der Waals surface area (Å²) in [5, 5.41) is 0. The van der Waals surface area contributed by atoms with E-state index in [0.29, 0.717) is 18.1 Å². The molecule has 0 N–H and O–H groups in total. The molecule has 0 saturated heterocycles. The highest BCUT2D eigenvalue weighted by molar-refractivity contribution is 5.83. The smallest absolute Gasteiger partial charge is 0.0572 e. The van der Waals surface area contributed by atoms with Gasteiger partial charge in [-0.15, -0.1) is 0 Å². The third-order valence-electron chi connectivity index (χ3n) is 8.66. The van der Waals surface area contributed by atoms with Crippen LogP contribution in [0.2, 0.25) is 0 Å². The van der Waals surface area contributed by atoms with Gasteiger partial charge in [0, 0.05) is 20.5 Å². The van der Waals surface area contributed by atoms with E-state index < -0.39 is 0 Å². The normalized spacial score (nSPS) is 15.1. The number of hydrogen-bond acceptors (Lipinski definition) is 1. The Hall–Kier alpha value is -3.62. The standard InChI is InChI=1S/C23H29N.C17H16.B/c1-15(2)24(16(3)4)23-18(6)14-22-20(12-9-13-21(22)23)19-11-8-7-10-17(19)5;1-12-10-14-7-5-9-16(17(14)11-12)15-8-4-3-6-13(15)2;/h7-16,23H,1-6H3;3-9,11H,10H2,1-2H3;. The van der Waals surface area contributed by atoms with Gasteiger partial charge in [0.05, 0.1) is 6.04 Å². The zero-order valence-electron chi connectivity index (χ0n) is 26.7. The molecule has 0 fully saturated rings. The molecule has 1 unspecified atom stereocenters. The lowest BCUT2D eigenvalue weighted by Gasteiger charge is -2.38. The second-order valence-electron chi connectivity index (χ2n) is 12.4. The van der Waals surface area contributed by atoms with Crippen molar-refractivity contribution in [2.45, 2.75) is 79.9 Å². The summed E-state index contributed by atoms with van der Waals surface area (Å²) in [4.78, 5) is 2.62. The summed E-state index contributed by atoms with van der Waals surface area (Å²) >= 11 is 0. The van der Waals surface area contributed by atoms with Crippen LogP contribution in [0.25, 0.3) is 34.4 Å². The highest BCUT2D eigenvalue weighted by Gasteiger charge is 2.32. The Morgan fingerprint density at radius 2 is 1.07 bits per heavy atom. The van der Waals surface area contributed by atoms with Crippen molar-refractivity contribution in [3.05, 3.63) is 129 Å². The number of hydrogen-bond donors (Lipinski definition) is 0. The molecule has 0 saturated carbocycles. The lowest BCUT2D eigenvalue weighted by atomic mass is 9.92. The van der Waals surface area contributed by atoms with Crippen LogP contribution in [0.4, 0.5) is 0 Å². The average Bonchev–Trinajstić information content (AvgIpc) is 3.48. The van der Waals surface area contributed by atoms with Crippen molar-refractivity contribution in [1.82, 2.24) is 4.90 Å². The molecule has 2 aliphatic rings. The van der Waals surface area contributed by atoms with Gasteiger partial charge in [0.25, 0.3) is 0 Å². The van der Waals surface area contributed by atoms with Crippen LogP contribution in [0, 0.1) is 13.8 Å². The zero-order chi connectivity index (χ0) is 29.3. The Bertz CT molecular complexity index is 1610. The van der Waals surface area contributed by atoms with Crippen molar-refractivity contribution >= 4 is 20.6 Å². The van der Waals surface area contributed by atoms with Crippen molar-refractivity contribution in [3.8, 4) is 22.3 Å². The summed E-state index contributed by atoms with van der Waals surface area (Å²) in [7, 11) is 0. The van der Waals surface area contributed by atoms with Crippen molar-refractivity contribution in [2.24, 2.45) is 0 Å². The number of fused-ring (bicyclic) bond motifs is 2. The molecule has 1 atom stereocenters. The van der Waals surface area contributed by atoms with Crippen LogP contribution in [0.1, 0.15) is 81.0 Å². The monoisotopic (exact) mass is 550 g/mol. The number of aryl methyl sites for hydroxylation is 2. The average molecular weight is 551 g/mol. The molecular weight excluding hydrogens is 505 g/mol. The van der Waals surface area contributed by atoms with E-state index in [2.05, 4.69) is 157 Å². The van der Waals surface area contributed by atoms with Crippen LogP contribution < -0.4 is 0 Å². The third-order valence-corrected chi connectivity index (χ3v) is 8.66. The van der Waals surface area contributed by atoms with Crippen LogP contribution in [-0.2, 0) is 6.42 Å². The van der Waals surface area contributed by atoms with E-state index in [1.165, 1.54) is 66.8 Å². The highest BCUT2D eigenvalue weighted by Crippen LogP contribution is 2.44. The van der Waals surface area contributed by atoms with Crippen LogP contribution in [0.5, 0.6) is 0 Å². The van der Waals surface area contributed by atoms with E-state index in [1.807, 2.05) is 0 Å². The molecule has 4 aromatic rings. The molecule has 213 valence electrons. The van der Waals surface area contributed by atoms with Crippen LogP contribution in [-0.4, -0.2) is 25.4 Å². The topological polar surface area (TPSA) is 3.24 Å². The predicted octanol–water partition coefficient (Wildman–Crippen LogP) is 10.5. The van der Waals surface area contributed by atoms with Gasteiger partial charge in [-0.3, -0.25) is 4.90 Å². The van der Waals surface area contributed by atoms with E-state index in [-0.39, 0.29) is 8.41 Å². The number of rotatable bonds is 5. The van der Waals surface area contributed by atoms with Gasteiger partial charge in [-0.05, 0) is 117 Å². The minimum atomic E-state index is 0. The summed E-state index contributed by atoms with van der Waals surface area (Å²) in [6.45, 7) is 18.1. The Morgan fingerprint density at radius 3 is 1.62 bits per heavy atom. The lowest BCUT2D eigenvalue weighted by Crippen LogP contribution is -2.40. The van der Waals surface area contributed by atoms with Crippen LogP contribution >= 0.6 is 0 Å². The highest BCUT2D eigenvalue weighted by atomic mass is 15.2. The van der Waals surface area contributed by atoms with Gasteiger partial charge < -0.3 is 0 Å². The van der Waals surface area contributed by atoms with E-state index in [9.17, 15) is 0 Å².